The minimum atomic E-state index is -3.97. The first-order valence-corrected chi connectivity index (χ1v) is 10.5. The molecule has 2 aromatic heterocycles. The molecule has 0 fully saturated rings. The van der Waals surface area contributed by atoms with Crippen LogP contribution in [0.4, 0.5) is 10.1 Å². The number of rotatable bonds is 6. The van der Waals surface area contributed by atoms with Crippen LogP contribution in [0.3, 0.4) is 0 Å². The SMILES string of the molecule is Cc1cc(C(C)c2ccc(NS(N)(=O)=O)cc2F)[nH]c1C(=O)c1cccs1. The van der Waals surface area contributed by atoms with Crippen molar-refractivity contribution in [2.75, 3.05) is 4.72 Å². The number of anilines is 1. The van der Waals surface area contributed by atoms with Crippen molar-refractivity contribution in [2.24, 2.45) is 5.14 Å². The van der Waals surface area contributed by atoms with Gasteiger partial charge in [0.05, 0.1) is 16.3 Å². The van der Waals surface area contributed by atoms with E-state index in [0.29, 0.717) is 21.8 Å². The smallest absolute Gasteiger partial charge is 0.296 e. The first-order valence-electron chi connectivity index (χ1n) is 8.03. The van der Waals surface area contributed by atoms with E-state index in [4.69, 9.17) is 5.14 Å². The number of aromatic nitrogens is 1. The van der Waals surface area contributed by atoms with Crippen LogP contribution in [0.2, 0.25) is 0 Å². The summed E-state index contributed by atoms with van der Waals surface area (Å²) in [4.78, 5) is 16.3. The number of benzene rings is 1. The molecule has 142 valence electrons. The first-order chi connectivity index (χ1) is 12.7. The van der Waals surface area contributed by atoms with Gasteiger partial charge in [-0.2, -0.15) is 8.42 Å². The lowest BCUT2D eigenvalue weighted by atomic mass is 9.97. The zero-order chi connectivity index (χ0) is 19.8. The Labute approximate surface area is 160 Å². The van der Waals surface area contributed by atoms with Gasteiger partial charge in [0.1, 0.15) is 5.82 Å². The van der Waals surface area contributed by atoms with E-state index in [1.807, 2.05) is 29.2 Å². The number of H-pyrrole nitrogens is 1. The molecule has 0 spiro atoms. The number of carbonyl (C=O) groups excluding carboxylic acids is 1. The third kappa shape index (κ3) is 4.26. The van der Waals surface area contributed by atoms with Gasteiger partial charge in [-0.1, -0.05) is 19.1 Å². The van der Waals surface area contributed by atoms with Gasteiger partial charge in [-0.05, 0) is 47.7 Å². The number of hydrogen-bond acceptors (Lipinski definition) is 4. The quantitative estimate of drug-likeness (QED) is 0.544. The van der Waals surface area contributed by atoms with E-state index in [9.17, 15) is 17.6 Å². The maximum atomic E-state index is 14.5. The van der Waals surface area contributed by atoms with E-state index < -0.39 is 16.0 Å². The summed E-state index contributed by atoms with van der Waals surface area (Å²) >= 11 is 1.36. The monoisotopic (exact) mass is 407 g/mol. The van der Waals surface area contributed by atoms with Crippen molar-refractivity contribution >= 4 is 33.0 Å². The summed E-state index contributed by atoms with van der Waals surface area (Å²) in [6.07, 6.45) is 0. The predicted molar refractivity (Wildman–Crippen MR) is 104 cm³/mol. The predicted octanol–water partition coefficient (Wildman–Crippen LogP) is 3.52. The molecule has 0 amide bonds. The van der Waals surface area contributed by atoms with Crippen molar-refractivity contribution in [3.8, 4) is 0 Å². The molecule has 0 bridgehead atoms. The second-order valence-electron chi connectivity index (χ2n) is 6.19. The van der Waals surface area contributed by atoms with Crippen LogP contribution in [0.1, 0.15) is 45.0 Å². The standard InChI is InChI=1S/C18H18FN3O3S2/c1-10-8-15(21-17(10)18(23)16-4-3-7-26-16)11(2)13-6-5-12(9-14(13)19)22-27(20,24)25/h3-9,11,21-22H,1-2H3,(H2,20,24,25). The van der Waals surface area contributed by atoms with Crippen LogP contribution in [0.5, 0.6) is 0 Å². The van der Waals surface area contributed by atoms with E-state index in [-0.39, 0.29) is 17.4 Å². The molecule has 27 heavy (non-hydrogen) atoms. The highest BCUT2D eigenvalue weighted by atomic mass is 32.2. The van der Waals surface area contributed by atoms with Crippen molar-refractivity contribution < 1.29 is 17.6 Å². The maximum absolute atomic E-state index is 14.5. The van der Waals surface area contributed by atoms with E-state index in [1.165, 1.54) is 23.5 Å². The minimum Gasteiger partial charge on any atom is -0.355 e. The highest BCUT2D eigenvalue weighted by molar-refractivity contribution is 7.90. The average molecular weight is 407 g/mol. The summed E-state index contributed by atoms with van der Waals surface area (Å²) in [5.74, 6) is -1.04. The lowest BCUT2D eigenvalue weighted by Gasteiger charge is -2.13. The number of ketones is 1. The van der Waals surface area contributed by atoms with Gasteiger partial charge < -0.3 is 4.98 Å². The number of thiophene rings is 1. The summed E-state index contributed by atoms with van der Waals surface area (Å²) in [7, 11) is -3.97. The van der Waals surface area contributed by atoms with E-state index >= 15 is 0 Å². The Balaban J connectivity index is 1.89. The average Bonchev–Trinajstić information content (AvgIpc) is 3.22. The fraction of sp³-hybridized carbons (Fsp3) is 0.167. The number of aryl methyl sites for hydroxylation is 1. The zero-order valence-corrected chi connectivity index (χ0v) is 16.2. The second-order valence-corrected chi connectivity index (χ2v) is 8.44. The number of aromatic amines is 1. The number of halogens is 1. The molecule has 0 radical (unpaired) electrons. The van der Waals surface area contributed by atoms with E-state index in [1.54, 1.807) is 13.0 Å². The van der Waals surface area contributed by atoms with Crippen LogP contribution in [0, 0.1) is 12.7 Å². The number of hydrogen-bond donors (Lipinski definition) is 3. The summed E-state index contributed by atoms with van der Waals surface area (Å²) in [6.45, 7) is 3.62. The highest BCUT2D eigenvalue weighted by Gasteiger charge is 2.21. The number of carbonyl (C=O) groups is 1. The lowest BCUT2D eigenvalue weighted by Crippen LogP contribution is -2.21. The van der Waals surface area contributed by atoms with Crippen molar-refractivity contribution in [1.29, 1.82) is 0 Å². The third-order valence-corrected chi connectivity index (χ3v) is 5.59. The molecular weight excluding hydrogens is 389 g/mol. The molecule has 1 aromatic carbocycles. The van der Waals surface area contributed by atoms with Crippen LogP contribution in [-0.2, 0) is 10.2 Å². The molecular formula is C18H18FN3O3S2. The Bertz CT molecular complexity index is 1090. The summed E-state index contributed by atoms with van der Waals surface area (Å²) in [5, 5.41) is 6.73. The van der Waals surface area contributed by atoms with Crippen LogP contribution in [0.15, 0.2) is 41.8 Å². The Morgan fingerprint density at radius 3 is 2.63 bits per heavy atom. The zero-order valence-electron chi connectivity index (χ0n) is 14.6. The Kier molecular flexibility index (Phi) is 5.18. The Hall–Kier alpha value is -2.49. The molecule has 3 rings (SSSR count). The van der Waals surface area contributed by atoms with Crippen molar-refractivity contribution in [1.82, 2.24) is 4.98 Å². The van der Waals surface area contributed by atoms with Crippen molar-refractivity contribution in [2.45, 2.75) is 19.8 Å². The van der Waals surface area contributed by atoms with Gasteiger partial charge in [-0.3, -0.25) is 9.52 Å². The highest BCUT2D eigenvalue weighted by Crippen LogP contribution is 2.30. The van der Waals surface area contributed by atoms with Crippen LogP contribution in [-0.4, -0.2) is 19.2 Å². The molecule has 4 N–H and O–H groups in total. The maximum Gasteiger partial charge on any atom is 0.296 e. The minimum absolute atomic E-state index is 0.0437. The van der Waals surface area contributed by atoms with Gasteiger partial charge in [0.2, 0.25) is 5.78 Å². The molecule has 1 atom stereocenters. The third-order valence-electron chi connectivity index (χ3n) is 4.20. The van der Waals surface area contributed by atoms with Gasteiger partial charge in [0.15, 0.2) is 0 Å². The van der Waals surface area contributed by atoms with Gasteiger partial charge in [0.25, 0.3) is 10.2 Å². The van der Waals surface area contributed by atoms with Gasteiger partial charge in [-0.25, -0.2) is 9.53 Å². The fourth-order valence-electron chi connectivity index (χ4n) is 2.86. The normalized spacial score (nSPS) is 12.7. The van der Waals surface area contributed by atoms with E-state index in [2.05, 4.69) is 4.98 Å². The largest absolute Gasteiger partial charge is 0.355 e. The van der Waals surface area contributed by atoms with Crippen LogP contribution >= 0.6 is 11.3 Å². The molecule has 0 aliphatic rings. The summed E-state index contributed by atoms with van der Waals surface area (Å²) in [6, 6.07) is 9.39. The van der Waals surface area contributed by atoms with Crippen LogP contribution in [0.25, 0.3) is 0 Å². The summed E-state index contributed by atoms with van der Waals surface area (Å²) in [5.41, 5.74) is 2.36. The van der Waals surface area contributed by atoms with E-state index in [0.717, 1.165) is 11.6 Å². The molecule has 0 aliphatic heterocycles. The summed E-state index contributed by atoms with van der Waals surface area (Å²) < 4.78 is 38.6. The molecule has 0 saturated carbocycles. The Morgan fingerprint density at radius 1 is 1.30 bits per heavy atom. The molecule has 2 heterocycles. The molecule has 1 unspecified atom stereocenters. The molecule has 6 nitrogen and oxygen atoms in total. The van der Waals surface area contributed by atoms with Crippen molar-refractivity contribution in [3.63, 3.8) is 0 Å². The molecule has 9 heteroatoms. The first kappa shape index (κ1) is 19.3. The molecule has 3 aromatic rings. The Morgan fingerprint density at radius 2 is 2.04 bits per heavy atom. The van der Waals surface area contributed by atoms with Gasteiger partial charge >= 0.3 is 0 Å². The number of nitrogens with one attached hydrogen (secondary N) is 2. The van der Waals surface area contributed by atoms with Gasteiger partial charge in [0, 0.05) is 11.6 Å². The number of nitrogens with two attached hydrogens (primary N) is 1. The lowest BCUT2D eigenvalue weighted by molar-refractivity contribution is 0.103. The second kappa shape index (κ2) is 7.26. The van der Waals surface area contributed by atoms with Crippen LogP contribution < -0.4 is 9.86 Å². The topological polar surface area (TPSA) is 105 Å². The molecule has 0 saturated heterocycles. The van der Waals surface area contributed by atoms with Crippen molar-refractivity contribution in [3.05, 3.63) is 75.0 Å². The fourth-order valence-corrected chi connectivity index (χ4v) is 3.98. The van der Waals surface area contributed by atoms with Gasteiger partial charge in [-0.15, -0.1) is 11.3 Å². The molecule has 0 aliphatic carbocycles.